The van der Waals surface area contributed by atoms with Crippen LogP contribution < -0.4 is 4.90 Å². The minimum atomic E-state index is -0.114. The van der Waals surface area contributed by atoms with Crippen molar-refractivity contribution in [3.8, 4) is 55.6 Å². The van der Waals surface area contributed by atoms with Gasteiger partial charge in [0, 0.05) is 27.8 Å². The summed E-state index contributed by atoms with van der Waals surface area (Å²) in [7, 11) is 0. The zero-order chi connectivity index (χ0) is 42.5. The lowest BCUT2D eigenvalue weighted by atomic mass is 9.49. The minimum Gasteiger partial charge on any atom is -0.310 e. The molecule has 0 aliphatic heterocycles. The Bertz CT molecular complexity index is 3030. The lowest BCUT2D eigenvalue weighted by Crippen LogP contribution is -2.49. The van der Waals surface area contributed by atoms with Crippen molar-refractivity contribution < 1.29 is 0 Å². The molecule has 2 bridgehead atoms. The maximum absolute atomic E-state index is 2.59. The first-order chi connectivity index (χ1) is 30.8. The first-order valence-corrected chi connectivity index (χ1v) is 23.4. The van der Waals surface area contributed by atoms with Gasteiger partial charge in [-0.25, -0.2) is 0 Å². The molecule has 0 radical (unpaired) electrons. The Hall–Kier alpha value is -6.44. The molecule has 0 amide bonds. The first-order valence-electron chi connectivity index (χ1n) is 23.4. The number of anilines is 3. The van der Waals surface area contributed by atoms with E-state index in [2.05, 4.69) is 221 Å². The highest BCUT2D eigenvalue weighted by atomic mass is 15.1. The predicted octanol–water partition coefficient (Wildman–Crippen LogP) is 16.8. The van der Waals surface area contributed by atoms with Crippen molar-refractivity contribution in [2.24, 2.45) is 23.7 Å². The number of nitrogens with zero attached hydrogens (tertiary/aromatic N) is 1. The van der Waals surface area contributed by atoms with Gasteiger partial charge in [-0.1, -0.05) is 185 Å². The van der Waals surface area contributed by atoms with Crippen molar-refractivity contribution >= 4 is 17.1 Å². The van der Waals surface area contributed by atoms with Crippen LogP contribution in [-0.2, 0) is 10.8 Å². The molecule has 0 aromatic heterocycles. The molecule has 0 N–H and O–H groups in total. The smallest absolute Gasteiger partial charge is 0.0543 e. The number of hydrogen-bond donors (Lipinski definition) is 0. The zero-order valence-electron chi connectivity index (χ0n) is 37.0. The molecule has 2 fully saturated rings. The van der Waals surface area contributed by atoms with Gasteiger partial charge < -0.3 is 4.90 Å². The fourth-order valence-corrected chi connectivity index (χ4v) is 13.5. The van der Waals surface area contributed by atoms with Crippen LogP contribution in [0.4, 0.5) is 17.1 Å². The molecule has 1 nitrogen and oxygen atoms in total. The number of hydrogen-bond acceptors (Lipinski definition) is 1. The Morgan fingerprint density at radius 3 is 1.78 bits per heavy atom. The van der Waals surface area contributed by atoms with Gasteiger partial charge in [0.2, 0.25) is 0 Å². The van der Waals surface area contributed by atoms with E-state index in [1.807, 2.05) is 0 Å². The quantitative estimate of drug-likeness (QED) is 0.162. The van der Waals surface area contributed by atoms with Crippen LogP contribution in [0.2, 0.25) is 0 Å². The van der Waals surface area contributed by atoms with E-state index >= 15 is 0 Å². The molecular weight excluding hydrogens is 759 g/mol. The summed E-state index contributed by atoms with van der Waals surface area (Å²) in [6.45, 7) is 9.88. The zero-order valence-corrected chi connectivity index (χ0v) is 37.0. The Kier molecular flexibility index (Phi) is 8.84. The molecule has 8 aromatic rings. The van der Waals surface area contributed by atoms with Crippen LogP contribution in [0.25, 0.3) is 55.6 Å². The highest BCUT2D eigenvalue weighted by Gasteiger charge is 2.57. The molecule has 2 saturated carbocycles. The Labute approximate surface area is 374 Å². The molecule has 5 atom stereocenters. The van der Waals surface area contributed by atoms with Gasteiger partial charge in [0.05, 0.1) is 5.69 Å². The standard InChI is InChI=1S/C62H55N/c1-40-35-42-37-41(2)62(46(36-40)38-42)56-26-14-11-21-50(56)52-24-15-23-51(60(52)62)49-34-33-48(39-54(49)45-19-9-6-10-20-45)63(47-31-29-44(30-32-47)43-17-7-5-8-18-43)58-28-16-27-57-59(58)53-22-12-13-25-55(53)61(57,3)4/h5-34,39-42,46H,35-38H2,1-4H3. The van der Waals surface area contributed by atoms with E-state index in [4.69, 9.17) is 0 Å². The van der Waals surface area contributed by atoms with Crippen LogP contribution in [-0.4, -0.2) is 0 Å². The molecule has 4 aliphatic carbocycles. The molecule has 63 heavy (non-hydrogen) atoms. The topological polar surface area (TPSA) is 3.24 Å². The van der Waals surface area contributed by atoms with E-state index in [-0.39, 0.29) is 10.8 Å². The van der Waals surface area contributed by atoms with E-state index < -0.39 is 0 Å². The molecule has 12 rings (SSSR count). The van der Waals surface area contributed by atoms with E-state index in [0.29, 0.717) is 11.8 Å². The third-order valence-electron chi connectivity index (χ3n) is 16.0. The lowest BCUT2D eigenvalue weighted by Gasteiger charge is -2.55. The van der Waals surface area contributed by atoms with Crippen molar-refractivity contribution in [1.82, 2.24) is 0 Å². The van der Waals surface area contributed by atoms with E-state index in [1.54, 1.807) is 11.1 Å². The third-order valence-corrected chi connectivity index (χ3v) is 16.0. The van der Waals surface area contributed by atoms with E-state index in [1.165, 1.54) is 98.1 Å². The second-order valence-corrected chi connectivity index (χ2v) is 19.9. The summed E-state index contributed by atoms with van der Waals surface area (Å²) in [5.41, 5.74) is 22.5. The van der Waals surface area contributed by atoms with Crippen molar-refractivity contribution in [1.29, 1.82) is 0 Å². The van der Waals surface area contributed by atoms with Gasteiger partial charge in [0.25, 0.3) is 0 Å². The highest BCUT2D eigenvalue weighted by molar-refractivity contribution is 5.98. The Morgan fingerprint density at radius 1 is 0.429 bits per heavy atom. The second-order valence-electron chi connectivity index (χ2n) is 19.9. The van der Waals surface area contributed by atoms with Crippen LogP contribution in [0, 0.1) is 23.7 Å². The van der Waals surface area contributed by atoms with Crippen molar-refractivity contribution in [3.63, 3.8) is 0 Å². The summed E-state index contributed by atoms with van der Waals surface area (Å²) < 4.78 is 0. The average molecular weight is 814 g/mol. The second kappa shape index (κ2) is 14.6. The number of fused-ring (bicyclic) bond motifs is 11. The average Bonchev–Trinajstić information content (AvgIpc) is 3.76. The summed E-state index contributed by atoms with van der Waals surface area (Å²) in [5, 5.41) is 0. The van der Waals surface area contributed by atoms with Gasteiger partial charge in [-0.2, -0.15) is 0 Å². The molecule has 4 aliphatic rings. The van der Waals surface area contributed by atoms with Gasteiger partial charge in [0.1, 0.15) is 0 Å². The summed E-state index contributed by atoms with van der Waals surface area (Å²) in [6, 6.07) is 71.2. The van der Waals surface area contributed by atoms with Gasteiger partial charge in [0.15, 0.2) is 0 Å². The molecule has 308 valence electrons. The molecule has 5 unspecified atom stereocenters. The minimum absolute atomic E-state index is 0.0162. The van der Waals surface area contributed by atoms with Gasteiger partial charge in [-0.15, -0.1) is 0 Å². The summed E-state index contributed by atoms with van der Waals surface area (Å²) >= 11 is 0. The fourth-order valence-electron chi connectivity index (χ4n) is 13.5. The molecule has 8 aromatic carbocycles. The molecule has 0 heterocycles. The lowest BCUT2D eigenvalue weighted by molar-refractivity contribution is 0.0429. The van der Waals surface area contributed by atoms with Crippen LogP contribution in [0.3, 0.4) is 0 Å². The van der Waals surface area contributed by atoms with Crippen LogP contribution in [0.15, 0.2) is 188 Å². The normalized spacial score (nSPS) is 22.2. The first kappa shape index (κ1) is 38.3. The third kappa shape index (κ3) is 5.75. The highest BCUT2D eigenvalue weighted by Crippen LogP contribution is 2.66. The maximum Gasteiger partial charge on any atom is 0.0543 e. The van der Waals surface area contributed by atoms with Crippen molar-refractivity contribution in [2.75, 3.05) is 4.90 Å². The largest absolute Gasteiger partial charge is 0.310 e. The van der Waals surface area contributed by atoms with E-state index in [9.17, 15) is 0 Å². The van der Waals surface area contributed by atoms with Gasteiger partial charge >= 0.3 is 0 Å². The van der Waals surface area contributed by atoms with Gasteiger partial charge in [-0.05, 0) is 152 Å². The van der Waals surface area contributed by atoms with Crippen molar-refractivity contribution in [2.45, 2.75) is 64.2 Å². The summed E-state index contributed by atoms with van der Waals surface area (Å²) in [5.74, 6) is 2.76. The van der Waals surface area contributed by atoms with Gasteiger partial charge in [-0.3, -0.25) is 0 Å². The van der Waals surface area contributed by atoms with Crippen LogP contribution >= 0.6 is 0 Å². The molecule has 0 saturated heterocycles. The number of benzene rings is 8. The molecule has 1 heteroatoms. The Morgan fingerprint density at radius 2 is 1.02 bits per heavy atom. The monoisotopic (exact) mass is 813 g/mol. The molecular formula is C62H55N. The summed E-state index contributed by atoms with van der Waals surface area (Å²) in [6.07, 6.45) is 5.31. The predicted molar refractivity (Wildman–Crippen MR) is 265 cm³/mol. The van der Waals surface area contributed by atoms with Crippen molar-refractivity contribution in [3.05, 3.63) is 210 Å². The summed E-state index contributed by atoms with van der Waals surface area (Å²) in [4.78, 5) is 2.53. The van der Waals surface area contributed by atoms with Crippen LogP contribution in [0.1, 0.15) is 75.6 Å². The fraction of sp³-hybridized carbons (Fsp3) is 0.226. The number of rotatable bonds is 6. The van der Waals surface area contributed by atoms with E-state index in [0.717, 1.165) is 23.2 Å². The SMILES string of the molecule is CC1CC2CC(C)C3(c4ccccc4-c4cccc(-c5ccc(N(c6ccc(-c7ccccc7)cc6)c6cccc7c6-c6ccccc6C7(C)C)cc5-c5ccccc5)c43)C(C1)C2. The van der Waals surface area contributed by atoms with Crippen LogP contribution in [0.5, 0.6) is 0 Å². The molecule has 1 spiro atoms. The maximum atomic E-state index is 2.59. The Balaban J connectivity index is 1.10.